The number of urea groups is 1. The maximum atomic E-state index is 13.6. The number of hydrogen-bond donors (Lipinski definition) is 2. The molecule has 1 aromatic carbocycles. The van der Waals surface area contributed by atoms with E-state index in [9.17, 15) is 13.6 Å². The van der Waals surface area contributed by atoms with Crippen molar-refractivity contribution in [1.29, 1.82) is 0 Å². The number of nitrogens with zero attached hydrogens (tertiary/aromatic N) is 1. The summed E-state index contributed by atoms with van der Waals surface area (Å²) in [5.41, 5.74) is -0.000712. The number of amides is 2. The number of unbranched alkanes of at least 4 members (excludes halogenated alkanes) is 2. The van der Waals surface area contributed by atoms with Gasteiger partial charge in [-0.3, -0.25) is 0 Å². The van der Waals surface area contributed by atoms with Gasteiger partial charge in [-0.2, -0.15) is 0 Å². The average Bonchev–Trinajstić information content (AvgIpc) is 2.46. The van der Waals surface area contributed by atoms with E-state index in [0.29, 0.717) is 6.54 Å². The fraction of sp³-hybridized carbons (Fsp3) is 0.533. The van der Waals surface area contributed by atoms with Crippen molar-refractivity contribution in [3.8, 4) is 5.75 Å². The molecule has 0 spiro atoms. The lowest BCUT2D eigenvalue weighted by atomic mass is 10.2. The van der Waals surface area contributed by atoms with Gasteiger partial charge in [-0.25, -0.2) is 13.6 Å². The molecule has 0 unspecified atom stereocenters. The summed E-state index contributed by atoms with van der Waals surface area (Å²) >= 11 is 0. The topological polar surface area (TPSA) is 61.8 Å². The Hall–Kier alpha value is -1.89. The molecule has 22 heavy (non-hydrogen) atoms. The lowest BCUT2D eigenvalue weighted by molar-refractivity contribution is 0.187. The van der Waals surface area contributed by atoms with Crippen LogP contribution in [0.1, 0.15) is 26.2 Å². The number of benzene rings is 1. The summed E-state index contributed by atoms with van der Waals surface area (Å²) in [6.07, 6.45) is 2.76. The molecule has 0 saturated carbocycles. The van der Waals surface area contributed by atoms with E-state index in [1.54, 1.807) is 0 Å². The minimum absolute atomic E-state index is 0.000712. The zero-order chi connectivity index (χ0) is 16.5. The molecule has 0 aliphatic heterocycles. The zero-order valence-corrected chi connectivity index (χ0v) is 12.9. The molecule has 0 atom stereocenters. The van der Waals surface area contributed by atoms with Crippen molar-refractivity contribution in [3.63, 3.8) is 0 Å². The molecule has 0 fully saturated rings. The Labute approximate surface area is 128 Å². The van der Waals surface area contributed by atoms with Gasteiger partial charge in [-0.15, -0.1) is 0 Å². The van der Waals surface area contributed by atoms with E-state index in [1.807, 2.05) is 6.92 Å². The van der Waals surface area contributed by atoms with Crippen LogP contribution in [0.4, 0.5) is 19.3 Å². The van der Waals surface area contributed by atoms with Crippen LogP contribution in [0.5, 0.6) is 5.75 Å². The Morgan fingerprint density at radius 3 is 2.41 bits per heavy atom. The molecule has 5 nitrogen and oxygen atoms in total. The third kappa shape index (κ3) is 5.14. The molecule has 0 bridgehead atoms. The summed E-state index contributed by atoms with van der Waals surface area (Å²) in [5.74, 6) is -2.27. The highest BCUT2D eigenvalue weighted by atomic mass is 19.1. The molecule has 0 aliphatic rings. The Balaban J connectivity index is 2.76. The van der Waals surface area contributed by atoms with Crippen LogP contribution >= 0.6 is 0 Å². The lowest BCUT2D eigenvalue weighted by Crippen LogP contribution is -2.37. The molecule has 1 aromatic rings. The van der Waals surface area contributed by atoms with Crippen LogP contribution in [0.3, 0.4) is 0 Å². The van der Waals surface area contributed by atoms with E-state index >= 15 is 0 Å². The number of aliphatic hydroxyl groups excluding tert-OH is 1. The van der Waals surface area contributed by atoms with E-state index in [0.717, 1.165) is 38.5 Å². The Kier molecular flexibility index (Phi) is 7.59. The van der Waals surface area contributed by atoms with Gasteiger partial charge in [-0.1, -0.05) is 19.8 Å². The summed E-state index contributed by atoms with van der Waals surface area (Å²) in [4.78, 5) is 13.5. The predicted octanol–water partition coefficient (Wildman–Crippen LogP) is 2.99. The number of halogens is 2. The van der Waals surface area contributed by atoms with Crippen LogP contribution in [-0.2, 0) is 0 Å². The second kappa shape index (κ2) is 9.19. The minimum Gasteiger partial charge on any atom is -0.491 e. The highest BCUT2D eigenvalue weighted by molar-refractivity contribution is 5.89. The van der Waals surface area contributed by atoms with Gasteiger partial charge in [-0.05, 0) is 6.42 Å². The SMILES string of the molecule is CCCCCN(CCO)C(=O)Nc1cc(F)c(OC)c(F)c1. The Morgan fingerprint density at radius 2 is 1.91 bits per heavy atom. The van der Waals surface area contributed by atoms with Crippen molar-refractivity contribution >= 4 is 11.7 Å². The first-order chi connectivity index (χ1) is 10.5. The number of nitrogens with one attached hydrogen (secondary N) is 1. The van der Waals surface area contributed by atoms with E-state index in [2.05, 4.69) is 10.1 Å². The third-order valence-corrected chi connectivity index (χ3v) is 3.14. The fourth-order valence-electron chi connectivity index (χ4n) is 2.02. The molecule has 2 N–H and O–H groups in total. The molecule has 0 saturated heterocycles. The van der Waals surface area contributed by atoms with Gasteiger partial charge < -0.3 is 20.1 Å². The lowest BCUT2D eigenvalue weighted by Gasteiger charge is -2.22. The van der Waals surface area contributed by atoms with Gasteiger partial charge in [0.2, 0.25) is 0 Å². The van der Waals surface area contributed by atoms with Gasteiger partial charge >= 0.3 is 6.03 Å². The van der Waals surface area contributed by atoms with Crippen molar-refractivity contribution in [1.82, 2.24) is 4.90 Å². The minimum atomic E-state index is -0.891. The van der Waals surface area contributed by atoms with Crippen molar-refractivity contribution in [2.24, 2.45) is 0 Å². The Bertz CT molecular complexity index is 475. The van der Waals surface area contributed by atoms with Crippen molar-refractivity contribution in [3.05, 3.63) is 23.8 Å². The monoisotopic (exact) mass is 316 g/mol. The van der Waals surface area contributed by atoms with Crippen LogP contribution in [-0.4, -0.2) is 42.8 Å². The number of aliphatic hydroxyl groups is 1. The highest BCUT2D eigenvalue weighted by Crippen LogP contribution is 2.25. The van der Waals surface area contributed by atoms with Crippen molar-refractivity contribution < 1.29 is 23.4 Å². The van der Waals surface area contributed by atoms with Gasteiger partial charge in [0.15, 0.2) is 17.4 Å². The van der Waals surface area contributed by atoms with Crippen molar-refractivity contribution in [2.75, 3.05) is 32.1 Å². The summed E-state index contributed by atoms with van der Waals surface area (Å²) in [6, 6.07) is 1.47. The van der Waals surface area contributed by atoms with E-state index in [-0.39, 0.29) is 18.8 Å². The largest absolute Gasteiger partial charge is 0.491 e. The van der Waals surface area contributed by atoms with Crippen LogP contribution in [0.15, 0.2) is 12.1 Å². The number of hydrogen-bond acceptors (Lipinski definition) is 3. The Morgan fingerprint density at radius 1 is 1.27 bits per heavy atom. The first kappa shape index (κ1) is 18.2. The second-order valence-electron chi connectivity index (χ2n) is 4.82. The molecule has 0 aromatic heterocycles. The normalized spacial score (nSPS) is 10.4. The molecular weight excluding hydrogens is 294 g/mol. The number of carbonyl (C=O) groups excluding carboxylic acids is 1. The molecule has 124 valence electrons. The second-order valence-corrected chi connectivity index (χ2v) is 4.82. The van der Waals surface area contributed by atoms with Gasteiger partial charge in [0.1, 0.15) is 0 Å². The molecule has 0 aliphatic carbocycles. The number of methoxy groups -OCH3 is 1. The summed E-state index contributed by atoms with van der Waals surface area (Å²) in [7, 11) is 1.16. The van der Waals surface area contributed by atoms with Crippen LogP contribution in [0.25, 0.3) is 0 Å². The summed E-state index contributed by atoms with van der Waals surface area (Å²) in [5, 5.41) is 11.4. The maximum absolute atomic E-state index is 13.6. The van der Waals surface area contributed by atoms with Crippen molar-refractivity contribution in [2.45, 2.75) is 26.2 Å². The molecule has 2 amide bonds. The molecule has 0 heterocycles. The fourth-order valence-corrected chi connectivity index (χ4v) is 2.02. The first-order valence-corrected chi connectivity index (χ1v) is 7.23. The number of rotatable bonds is 8. The average molecular weight is 316 g/mol. The van der Waals surface area contributed by atoms with Gasteiger partial charge in [0.25, 0.3) is 0 Å². The third-order valence-electron chi connectivity index (χ3n) is 3.14. The maximum Gasteiger partial charge on any atom is 0.321 e. The highest BCUT2D eigenvalue weighted by Gasteiger charge is 2.16. The van der Waals surface area contributed by atoms with E-state index in [4.69, 9.17) is 5.11 Å². The first-order valence-electron chi connectivity index (χ1n) is 7.23. The molecular formula is C15H22F2N2O3. The number of carbonyl (C=O) groups is 1. The molecule has 7 heteroatoms. The zero-order valence-electron chi connectivity index (χ0n) is 12.9. The standard InChI is InChI=1S/C15H22F2N2O3/c1-3-4-5-6-19(7-8-20)15(21)18-11-9-12(16)14(22-2)13(17)10-11/h9-10,20H,3-8H2,1-2H3,(H,18,21). The molecule has 0 radical (unpaired) electrons. The number of anilines is 1. The summed E-state index contributed by atoms with van der Waals surface area (Å²) < 4.78 is 31.8. The van der Waals surface area contributed by atoms with E-state index in [1.165, 1.54) is 4.90 Å². The quantitative estimate of drug-likeness (QED) is 0.725. The summed E-state index contributed by atoms with van der Waals surface area (Å²) in [6.45, 7) is 2.50. The number of ether oxygens (including phenoxy) is 1. The van der Waals surface area contributed by atoms with Gasteiger partial charge in [0, 0.05) is 30.9 Å². The van der Waals surface area contributed by atoms with Crippen LogP contribution in [0.2, 0.25) is 0 Å². The van der Waals surface area contributed by atoms with Crippen LogP contribution in [0, 0.1) is 11.6 Å². The predicted molar refractivity (Wildman–Crippen MR) is 80.1 cm³/mol. The van der Waals surface area contributed by atoms with Gasteiger partial charge in [0.05, 0.1) is 13.7 Å². The molecule has 1 rings (SSSR count). The van der Waals surface area contributed by atoms with E-state index < -0.39 is 23.4 Å². The van der Waals surface area contributed by atoms with Crippen LogP contribution < -0.4 is 10.1 Å². The smallest absolute Gasteiger partial charge is 0.321 e.